The number of ether oxygens (including phenoxy) is 2. The molecule has 0 unspecified atom stereocenters. The maximum Gasteiger partial charge on any atom is 0.344 e. The zero-order valence-corrected chi connectivity index (χ0v) is 16.5. The summed E-state index contributed by atoms with van der Waals surface area (Å²) in [5.41, 5.74) is 2.38. The van der Waals surface area contributed by atoms with Crippen molar-refractivity contribution >= 4 is 23.5 Å². The number of anilines is 1. The van der Waals surface area contributed by atoms with Gasteiger partial charge in [0.2, 0.25) is 5.91 Å². The van der Waals surface area contributed by atoms with Crippen LogP contribution in [0.25, 0.3) is 0 Å². The molecule has 154 valence electrons. The van der Waals surface area contributed by atoms with Crippen molar-refractivity contribution < 1.29 is 28.2 Å². The summed E-state index contributed by atoms with van der Waals surface area (Å²) in [6.45, 7) is 2.74. The second kappa shape index (κ2) is 10.2. The predicted octanol–water partition coefficient (Wildman–Crippen LogP) is 2.46. The lowest BCUT2D eigenvalue weighted by Crippen LogP contribution is -2.37. The molecule has 0 saturated heterocycles. The molecule has 8 heteroatoms. The molecule has 0 bridgehead atoms. The lowest BCUT2D eigenvalue weighted by atomic mass is 10.1. The number of hydrogen-bond donors (Lipinski definition) is 1. The van der Waals surface area contributed by atoms with E-state index in [1.807, 2.05) is 26.0 Å². The number of amides is 2. The number of nitrogens with one attached hydrogen (secondary N) is 1. The Bertz CT molecular complexity index is 883. The Kier molecular flexibility index (Phi) is 7.70. The van der Waals surface area contributed by atoms with Crippen LogP contribution in [0.4, 0.5) is 10.1 Å². The zero-order chi connectivity index (χ0) is 21.4. The molecule has 0 spiro atoms. The topological polar surface area (TPSA) is 84.9 Å². The van der Waals surface area contributed by atoms with Crippen LogP contribution in [0.3, 0.4) is 0 Å². The molecule has 0 heterocycles. The summed E-state index contributed by atoms with van der Waals surface area (Å²) in [5.74, 6) is -1.55. The summed E-state index contributed by atoms with van der Waals surface area (Å²) >= 11 is 0. The standard InChI is InChI=1S/C21H23FN2O5/c1-14-4-9-18(15(2)10-14)28-13-21(27)29-12-20(26)24(3)11-19(25)23-17-7-5-16(22)6-8-17/h4-10H,11-13H2,1-3H3,(H,23,25). The molecule has 0 fully saturated rings. The number of halogens is 1. The second-order valence-corrected chi connectivity index (χ2v) is 6.52. The highest BCUT2D eigenvalue weighted by atomic mass is 19.1. The Balaban J connectivity index is 1.72. The summed E-state index contributed by atoms with van der Waals surface area (Å²) in [4.78, 5) is 36.9. The molecule has 2 aromatic rings. The largest absolute Gasteiger partial charge is 0.482 e. The molecule has 7 nitrogen and oxygen atoms in total. The van der Waals surface area contributed by atoms with Crippen molar-refractivity contribution in [2.75, 3.05) is 32.1 Å². The number of carbonyl (C=O) groups is 3. The van der Waals surface area contributed by atoms with Crippen molar-refractivity contribution in [3.63, 3.8) is 0 Å². The lowest BCUT2D eigenvalue weighted by Gasteiger charge is -2.17. The van der Waals surface area contributed by atoms with Gasteiger partial charge in [0.1, 0.15) is 11.6 Å². The smallest absolute Gasteiger partial charge is 0.344 e. The number of nitrogens with zero attached hydrogens (tertiary/aromatic N) is 1. The average molecular weight is 402 g/mol. The molecule has 0 saturated carbocycles. The molecule has 2 aromatic carbocycles. The van der Waals surface area contributed by atoms with Crippen LogP contribution in [-0.2, 0) is 19.1 Å². The third-order valence-electron chi connectivity index (χ3n) is 3.97. The van der Waals surface area contributed by atoms with Crippen molar-refractivity contribution in [3.05, 3.63) is 59.4 Å². The first-order valence-corrected chi connectivity index (χ1v) is 8.89. The fourth-order valence-electron chi connectivity index (χ4n) is 2.43. The summed E-state index contributed by atoms with van der Waals surface area (Å²) in [6, 6.07) is 10.8. The first-order valence-electron chi connectivity index (χ1n) is 8.89. The van der Waals surface area contributed by atoms with Gasteiger partial charge in [0.05, 0.1) is 6.54 Å². The van der Waals surface area contributed by atoms with Crippen molar-refractivity contribution in [1.29, 1.82) is 0 Å². The molecule has 0 aliphatic rings. The third-order valence-corrected chi connectivity index (χ3v) is 3.97. The molecule has 0 atom stereocenters. The van der Waals surface area contributed by atoms with E-state index in [1.165, 1.54) is 31.3 Å². The SMILES string of the molecule is Cc1ccc(OCC(=O)OCC(=O)N(C)CC(=O)Nc2ccc(F)cc2)c(C)c1. The first-order chi connectivity index (χ1) is 13.7. The van der Waals surface area contributed by atoms with Crippen LogP contribution < -0.4 is 10.1 Å². The van der Waals surface area contributed by atoms with E-state index in [2.05, 4.69) is 5.32 Å². The van der Waals surface area contributed by atoms with E-state index in [-0.39, 0.29) is 13.2 Å². The molecule has 0 aliphatic carbocycles. The number of carbonyl (C=O) groups excluding carboxylic acids is 3. The molecule has 0 radical (unpaired) electrons. The lowest BCUT2D eigenvalue weighted by molar-refractivity contribution is -0.153. The predicted molar refractivity (Wildman–Crippen MR) is 105 cm³/mol. The second-order valence-electron chi connectivity index (χ2n) is 6.52. The van der Waals surface area contributed by atoms with Gasteiger partial charge in [0, 0.05) is 12.7 Å². The summed E-state index contributed by atoms with van der Waals surface area (Å²) in [7, 11) is 1.41. The van der Waals surface area contributed by atoms with Crippen LogP contribution in [-0.4, -0.2) is 49.5 Å². The monoisotopic (exact) mass is 402 g/mol. The van der Waals surface area contributed by atoms with Crippen molar-refractivity contribution in [2.45, 2.75) is 13.8 Å². The number of benzene rings is 2. The highest BCUT2D eigenvalue weighted by Gasteiger charge is 2.16. The van der Waals surface area contributed by atoms with E-state index >= 15 is 0 Å². The minimum atomic E-state index is -0.692. The molecule has 0 aliphatic heterocycles. The Labute approximate surface area is 168 Å². The van der Waals surface area contributed by atoms with Gasteiger partial charge in [-0.25, -0.2) is 9.18 Å². The van der Waals surface area contributed by atoms with Gasteiger partial charge in [-0.05, 0) is 49.7 Å². The fraction of sp³-hybridized carbons (Fsp3) is 0.286. The maximum atomic E-state index is 12.9. The van der Waals surface area contributed by atoms with Gasteiger partial charge in [0.25, 0.3) is 5.91 Å². The molecule has 1 N–H and O–H groups in total. The quantitative estimate of drug-likeness (QED) is 0.686. The van der Waals surface area contributed by atoms with Crippen molar-refractivity contribution in [2.24, 2.45) is 0 Å². The summed E-state index contributed by atoms with van der Waals surface area (Å²) in [5, 5.41) is 2.54. The molecular formula is C21H23FN2O5. The number of esters is 1. The number of aryl methyl sites for hydroxylation is 2. The molecule has 2 amide bonds. The normalized spacial score (nSPS) is 10.2. The maximum absolute atomic E-state index is 12.9. The van der Waals surface area contributed by atoms with Gasteiger partial charge in [-0.3, -0.25) is 9.59 Å². The van der Waals surface area contributed by atoms with Crippen LogP contribution in [0.15, 0.2) is 42.5 Å². The van der Waals surface area contributed by atoms with E-state index in [0.717, 1.165) is 16.0 Å². The average Bonchev–Trinajstić information content (AvgIpc) is 2.67. The van der Waals surface area contributed by atoms with E-state index in [0.29, 0.717) is 11.4 Å². The van der Waals surface area contributed by atoms with Gasteiger partial charge < -0.3 is 19.7 Å². The Hall–Kier alpha value is -3.42. The van der Waals surface area contributed by atoms with E-state index in [1.54, 1.807) is 6.07 Å². The highest BCUT2D eigenvalue weighted by molar-refractivity contribution is 5.94. The molecule has 29 heavy (non-hydrogen) atoms. The molecule has 2 rings (SSSR count). The minimum Gasteiger partial charge on any atom is -0.482 e. The minimum absolute atomic E-state index is 0.243. The fourth-order valence-corrected chi connectivity index (χ4v) is 2.43. The van der Waals surface area contributed by atoms with Crippen LogP contribution in [0.2, 0.25) is 0 Å². The Morgan fingerprint density at radius 2 is 1.72 bits per heavy atom. The summed E-state index contributed by atoms with van der Waals surface area (Å²) in [6.07, 6.45) is 0. The third kappa shape index (κ3) is 7.25. The zero-order valence-electron chi connectivity index (χ0n) is 16.5. The Morgan fingerprint density at radius 1 is 1.03 bits per heavy atom. The van der Waals surface area contributed by atoms with Gasteiger partial charge in [-0.15, -0.1) is 0 Å². The van der Waals surface area contributed by atoms with Crippen LogP contribution in [0.1, 0.15) is 11.1 Å². The first kappa shape index (κ1) is 21.9. The Morgan fingerprint density at radius 3 is 2.38 bits per heavy atom. The van der Waals surface area contributed by atoms with Gasteiger partial charge in [-0.1, -0.05) is 17.7 Å². The van der Waals surface area contributed by atoms with Gasteiger partial charge in [0.15, 0.2) is 13.2 Å². The van der Waals surface area contributed by atoms with Gasteiger partial charge in [-0.2, -0.15) is 0 Å². The molecular weight excluding hydrogens is 379 g/mol. The van der Waals surface area contributed by atoms with Crippen LogP contribution in [0.5, 0.6) is 5.75 Å². The van der Waals surface area contributed by atoms with Crippen molar-refractivity contribution in [3.8, 4) is 5.75 Å². The number of hydrogen-bond acceptors (Lipinski definition) is 5. The van der Waals surface area contributed by atoms with Crippen molar-refractivity contribution in [1.82, 2.24) is 4.90 Å². The van der Waals surface area contributed by atoms with E-state index in [9.17, 15) is 18.8 Å². The molecule has 0 aromatic heterocycles. The number of likely N-dealkylation sites (N-methyl/N-ethyl adjacent to an activating group) is 1. The van der Waals surface area contributed by atoms with E-state index in [4.69, 9.17) is 9.47 Å². The summed E-state index contributed by atoms with van der Waals surface area (Å²) < 4.78 is 23.2. The number of rotatable bonds is 8. The van der Waals surface area contributed by atoms with Crippen LogP contribution in [0, 0.1) is 19.7 Å². The van der Waals surface area contributed by atoms with E-state index < -0.39 is 30.2 Å². The van der Waals surface area contributed by atoms with Gasteiger partial charge >= 0.3 is 5.97 Å². The van der Waals surface area contributed by atoms with Crippen LogP contribution >= 0.6 is 0 Å². The highest BCUT2D eigenvalue weighted by Crippen LogP contribution is 2.18.